The Morgan fingerprint density at radius 1 is 1.44 bits per heavy atom. The van der Waals surface area contributed by atoms with Gasteiger partial charge in [-0.2, -0.15) is 5.10 Å². The fourth-order valence-corrected chi connectivity index (χ4v) is 2.95. The molecule has 2 aromatic heterocycles. The van der Waals surface area contributed by atoms with Crippen molar-refractivity contribution in [1.82, 2.24) is 24.8 Å². The molecule has 0 radical (unpaired) electrons. The monoisotopic (exact) mass is 348 g/mol. The van der Waals surface area contributed by atoms with Crippen molar-refractivity contribution in [3.8, 4) is 0 Å². The van der Waals surface area contributed by atoms with E-state index in [2.05, 4.69) is 25.5 Å². The topological polar surface area (TPSA) is 98.3 Å². The molecule has 1 fully saturated rings. The van der Waals surface area contributed by atoms with Crippen LogP contribution in [-0.4, -0.2) is 62.6 Å². The second kappa shape index (κ2) is 7.32. The van der Waals surface area contributed by atoms with Crippen LogP contribution >= 0.6 is 0 Å². The van der Waals surface area contributed by atoms with E-state index in [1.54, 1.807) is 13.0 Å². The lowest BCUT2D eigenvalue weighted by molar-refractivity contribution is -0.124. The number of amides is 1. The molecule has 1 aliphatic heterocycles. The highest BCUT2D eigenvalue weighted by molar-refractivity contribution is 5.93. The number of nitrogens with zero attached hydrogens (tertiary/aromatic N) is 5. The minimum Gasteiger partial charge on any atom is -0.374 e. The number of anilines is 1. The van der Waals surface area contributed by atoms with Gasteiger partial charge in [-0.3, -0.25) is 9.69 Å². The van der Waals surface area contributed by atoms with E-state index in [-0.39, 0.29) is 18.1 Å². The average Bonchev–Trinajstić information content (AvgIpc) is 3.11. The van der Waals surface area contributed by atoms with Gasteiger partial charge in [-0.05, 0) is 27.7 Å². The van der Waals surface area contributed by atoms with Crippen LogP contribution in [-0.2, 0) is 16.1 Å². The third-order valence-electron chi connectivity index (χ3n) is 4.32. The van der Waals surface area contributed by atoms with Gasteiger partial charge in [0.1, 0.15) is 17.4 Å². The summed E-state index contributed by atoms with van der Waals surface area (Å²) in [6.45, 7) is 10.0. The van der Waals surface area contributed by atoms with E-state index >= 15 is 0 Å². The third kappa shape index (κ3) is 4.23. The molecule has 0 unspecified atom stereocenters. The van der Waals surface area contributed by atoms with Crippen molar-refractivity contribution in [2.45, 2.75) is 46.4 Å². The molecule has 1 saturated heterocycles. The van der Waals surface area contributed by atoms with Crippen LogP contribution in [0, 0.1) is 20.8 Å². The fraction of sp³-hybridized carbons (Fsp3) is 0.625. The zero-order chi connectivity index (χ0) is 18.0. The van der Waals surface area contributed by atoms with Crippen LogP contribution in [0.1, 0.15) is 24.3 Å². The number of ether oxygens (including phenoxy) is 1. The predicted octanol–water partition coefficient (Wildman–Crippen LogP) is 0.919. The summed E-state index contributed by atoms with van der Waals surface area (Å²) in [5, 5.41) is 11.0. The van der Waals surface area contributed by atoms with Gasteiger partial charge in [0.2, 0.25) is 5.91 Å². The number of aromatic nitrogens is 4. The summed E-state index contributed by atoms with van der Waals surface area (Å²) in [5.74, 6) is 2.61. The van der Waals surface area contributed by atoms with Crippen molar-refractivity contribution in [2.75, 3.05) is 25.0 Å². The summed E-state index contributed by atoms with van der Waals surface area (Å²) in [6.07, 6.45) is -0.0295. The second-order valence-electron chi connectivity index (χ2n) is 6.36. The number of morpholine rings is 1. The summed E-state index contributed by atoms with van der Waals surface area (Å²) in [4.78, 5) is 18.9. The molecular formula is C16H24N6O3. The number of hydrogen-bond acceptors (Lipinski definition) is 7. The SMILES string of the molecule is Cc1nc(C)n(C[C@H]2CN([C@H](C)C(=O)Nc3cc(C)on3)CCO2)n1. The molecule has 9 heteroatoms. The predicted molar refractivity (Wildman–Crippen MR) is 90.1 cm³/mol. The molecule has 9 nitrogen and oxygen atoms in total. The molecule has 0 saturated carbocycles. The molecular weight excluding hydrogens is 324 g/mol. The number of nitrogens with one attached hydrogen (secondary N) is 1. The first kappa shape index (κ1) is 17.6. The van der Waals surface area contributed by atoms with Gasteiger partial charge >= 0.3 is 0 Å². The van der Waals surface area contributed by atoms with Crippen LogP contribution in [0.4, 0.5) is 5.82 Å². The molecule has 25 heavy (non-hydrogen) atoms. The zero-order valence-corrected chi connectivity index (χ0v) is 15.0. The van der Waals surface area contributed by atoms with Crippen molar-refractivity contribution in [1.29, 1.82) is 0 Å². The van der Waals surface area contributed by atoms with Gasteiger partial charge in [0.15, 0.2) is 5.82 Å². The van der Waals surface area contributed by atoms with E-state index in [9.17, 15) is 4.79 Å². The first-order chi connectivity index (χ1) is 11.9. The minimum atomic E-state index is -0.290. The van der Waals surface area contributed by atoms with Crippen molar-refractivity contribution in [3.63, 3.8) is 0 Å². The number of carbonyl (C=O) groups excluding carboxylic acids is 1. The number of hydrogen-bond donors (Lipinski definition) is 1. The minimum absolute atomic E-state index is 0.0295. The number of rotatable bonds is 5. The molecule has 2 atom stereocenters. The van der Waals surface area contributed by atoms with Gasteiger partial charge in [-0.1, -0.05) is 5.16 Å². The summed E-state index contributed by atoms with van der Waals surface area (Å²) >= 11 is 0. The van der Waals surface area contributed by atoms with Crippen LogP contribution < -0.4 is 5.32 Å². The average molecular weight is 348 g/mol. The molecule has 3 rings (SSSR count). The Morgan fingerprint density at radius 3 is 2.88 bits per heavy atom. The largest absolute Gasteiger partial charge is 0.374 e. The quantitative estimate of drug-likeness (QED) is 0.858. The summed E-state index contributed by atoms with van der Waals surface area (Å²) in [5.41, 5.74) is 0. The van der Waals surface area contributed by atoms with Crippen molar-refractivity contribution in [2.24, 2.45) is 0 Å². The smallest absolute Gasteiger partial charge is 0.242 e. The van der Waals surface area contributed by atoms with Crippen LogP contribution in [0.15, 0.2) is 10.6 Å². The number of carbonyl (C=O) groups is 1. The summed E-state index contributed by atoms with van der Waals surface area (Å²) in [7, 11) is 0. The van der Waals surface area contributed by atoms with E-state index < -0.39 is 0 Å². The molecule has 2 aromatic rings. The van der Waals surface area contributed by atoms with Crippen molar-refractivity contribution < 1.29 is 14.1 Å². The molecule has 0 aliphatic carbocycles. The third-order valence-corrected chi connectivity index (χ3v) is 4.32. The van der Waals surface area contributed by atoms with E-state index in [4.69, 9.17) is 9.26 Å². The van der Waals surface area contributed by atoms with Crippen LogP contribution in [0.3, 0.4) is 0 Å². The van der Waals surface area contributed by atoms with Crippen LogP contribution in [0.5, 0.6) is 0 Å². The maximum Gasteiger partial charge on any atom is 0.242 e. The van der Waals surface area contributed by atoms with Crippen molar-refractivity contribution >= 4 is 11.7 Å². The lowest BCUT2D eigenvalue weighted by atomic mass is 10.2. The van der Waals surface area contributed by atoms with Gasteiger partial charge in [0.25, 0.3) is 0 Å². The van der Waals surface area contributed by atoms with E-state index in [1.807, 2.05) is 25.5 Å². The highest BCUT2D eigenvalue weighted by Gasteiger charge is 2.29. The van der Waals surface area contributed by atoms with Gasteiger partial charge in [-0.25, -0.2) is 9.67 Å². The fourth-order valence-electron chi connectivity index (χ4n) is 2.95. The Kier molecular flexibility index (Phi) is 5.14. The second-order valence-corrected chi connectivity index (χ2v) is 6.36. The lowest BCUT2D eigenvalue weighted by Gasteiger charge is -2.36. The normalized spacial score (nSPS) is 19.8. The Balaban J connectivity index is 1.58. The maximum absolute atomic E-state index is 12.4. The standard InChI is InChI=1S/C16H24N6O3/c1-10-7-15(20-25-10)18-16(23)11(2)21-5-6-24-14(8-21)9-22-13(4)17-12(3)19-22/h7,11,14H,5-6,8-9H2,1-4H3,(H,18,20,23)/t11-,14-/m1/s1. The zero-order valence-electron chi connectivity index (χ0n) is 15.0. The molecule has 0 spiro atoms. The molecule has 3 heterocycles. The van der Waals surface area contributed by atoms with Gasteiger partial charge < -0.3 is 14.6 Å². The Labute approximate surface area is 146 Å². The van der Waals surface area contributed by atoms with Gasteiger partial charge in [0, 0.05) is 19.2 Å². The Bertz CT molecular complexity index is 740. The van der Waals surface area contributed by atoms with Gasteiger partial charge in [-0.15, -0.1) is 0 Å². The first-order valence-electron chi connectivity index (χ1n) is 8.40. The molecule has 0 aromatic carbocycles. The molecule has 1 amide bonds. The summed E-state index contributed by atoms with van der Waals surface area (Å²) < 4.78 is 12.7. The molecule has 136 valence electrons. The maximum atomic E-state index is 12.4. The highest BCUT2D eigenvalue weighted by Crippen LogP contribution is 2.14. The molecule has 0 bridgehead atoms. The van der Waals surface area contributed by atoms with Crippen molar-refractivity contribution in [3.05, 3.63) is 23.5 Å². The first-order valence-corrected chi connectivity index (χ1v) is 8.40. The van der Waals surface area contributed by atoms with E-state index in [1.165, 1.54) is 0 Å². The molecule has 1 aliphatic rings. The summed E-state index contributed by atoms with van der Waals surface area (Å²) in [6, 6.07) is 1.41. The highest BCUT2D eigenvalue weighted by atomic mass is 16.5. The Morgan fingerprint density at radius 2 is 2.24 bits per heavy atom. The molecule has 1 N–H and O–H groups in total. The van der Waals surface area contributed by atoms with Crippen LogP contribution in [0.25, 0.3) is 0 Å². The van der Waals surface area contributed by atoms with E-state index in [0.717, 1.165) is 11.6 Å². The lowest BCUT2D eigenvalue weighted by Crippen LogP contribution is -2.51. The van der Waals surface area contributed by atoms with Gasteiger partial charge in [0.05, 0.1) is 25.3 Å². The Hall–Kier alpha value is -2.26. The van der Waals surface area contributed by atoms with Crippen LogP contribution in [0.2, 0.25) is 0 Å². The van der Waals surface area contributed by atoms with E-state index in [0.29, 0.717) is 37.8 Å². The number of aryl methyl sites for hydroxylation is 3.